The van der Waals surface area contributed by atoms with Crippen molar-refractivity contribution in [3.05, 3.63) is 34.9 Å². The van der Waals surface area contributed by atoms with E-state index in [-0.39, 0.29) is 11.3 Å². The lowest BCUT2D eigenvalue weighted by Crippen LogP contribution is -2.31. The molecule has 1 fully saturated rings. The molecule has 2 nitrogen and oxygen atoms in total. The Balaban J connectivity index is 1.80. The van der Waals surface area contributed by atoms with Crippen LogP contribution in [0, 0.1) is 19.8 Å². The zero-order valence-corrected chi connectivity index (χ0v) is 11.8. The molecule has 3 heteroatoms. The molecule has 1 unspecified atom stereocenters. The Morgan fingerprint density at radius 3 is 2.72 bits per heavy atom. The Hall–Kier alpha value is -1.02. The van der Waals surface area contributed by atoms with Crippen LogP contribution in [-0.4, -0.2) is 17.8 Å². The van der Waals surface area contributed by atoms with Crippen molar-refractivity contribution < 1.29 is 4.79 Å². The molecule has 1 atom stereocenters. The smallest absolute Gasteiger partial charge is 0.224 e. The molecule has 0 heterocycles. The van der Waals surface area contributed by atoms with Gasteiger partial charge < -0.3 is 5.32 Å². The van der Waals surface area contributed by atoms with Crippen LogP contribution < -0.4 is 5.32 Å². The predicted molar refractivity (Wildman–Crippen MR) is 75.0 cm³/mol. The Kier molecular flexibility index (Phi) is 4.28. The van der Waals surface area contributed by atoms with Gasteiger partial charge in [0.25, 0.3) is 0 Å². The molecule has 1 N–H and O–H groups in total. The van der Waals surface area contributed by atoms with Crippen LogP contribution in [0.5, 0.6) is 0 Å². The van der Waals surface area contributed by atoms with Crippen LogP contribution in [0.2, 0.25) is 0 Å². The highest BCUT2D eigenvalue weighted by Gasteiger charge is 2.29. The van der Waals surface area contributed by atoms with Gasteiger partial charge in [-0.3, -0.25) is 4.79 Å². The first-order chi connectivity index (χ1) is 8.56. The second-order valence-electron chi connectivity index (χ2n) is 5.25. The van der Waals surface area contributed by atoms with Crippen LogP contribution in [0.25, 0.3) is 0 Å². The third-order valence-corrected chi connectivity index (χ3v) is 4.07. The summed E-state index contributed by atoms with van der Waals surface area (Å²) in [7, 11) is 0. The molecule has 2 rings (SSSR count). The second kappa shape index (κ2) is 5.75. The highest BCUT2D eigenvalue weighted by atomic mass is 35.5. The lowest BCUT2D eigenvalue weighted by molar-refractivity contribution is -0.120. The average Bonchev–Trinajstić information content (AvgIpc) is 3.15. The molecule has 0 aromatic heterocycles. The van der Waals surface area contributed by atoms with Crippen molar-refractivity contribution in [3.8, 4) is 0 Å². The van der Waals surface area contributed by atoms with Gasteiger partial charge in [-0.05, 0) is 49.3 Å². The molecule has 1 saturated carbocycles. The first kappa shape index (κ1) is 13.4. The van der Waals surface area contributed by atoms with Crippen LogP contribution in [0.4, 0.5) is 0 Å². The molecule has 1 amide bonds. The number of hydrogen-bond acceptors (Lipinski definition) is 1. The monoisotopic (exact) mass is 265 g/mol. The van der Waals surface area contributed by atoms with Crippen LogP contribution in [0.3, 0.4) is 0 Å². The third-order valence-electron chi connectivity index (χ3n) is 3.56. The van der Waals surface area contributed by atoms with Crippen LogP contribution in [-0.2, 0) is 11.2 Å². The van der Waals surface area contributed by atoms with E-state index in [1.54, 1.807) is 0 Å². The van der Waals surface area contributed by atoms with Crippen molar-refractivity contribution in [1.82, 2.24) is 5.32 Å². The minimum absolute atomic E-state index is 0.0598. The fourth-order valence-electron chi connectivity index (χ4n) is 2.00. The standard InChI is InChI=1S/C15H20ClNO/c1-10-3-4-12(7-11(10)2)8-15(18)17-9-14(16)13-5-6-13/h3-4,7,13-14H,5-6,8-9H2,1-2H3,(H,17,18). The lowest BCUT2D eigenvalue weighted by Gasteiger charge is -2.10. The summed E-state index contributed by atoms with van der Waals surface area (Å²) in [5, 5.41) is 3.02. The maximum Gasteiger partial charge on any atom is 0.224 e. The Bertz CT molecular complexity index is 440. The van der Waals surface area contributed by atoms with Crippen LogP contribution in [0.15, 0.2) is 18.2 Å². The summed E-state index contributed by atoms with van der Waals surface area (Å²) in [6, 6.07) is 6.15. The van der Waals surface area contributed by atoms with E-state index in [1.165, 1.54) is 24.0 Å². The summed E-state index contributed by atoms with van der Waals surface area (Å²) < 4.78 is 0. The zero-order valence-electron chi connectivity index (χ0n) is 11.0. The van der Waals surface area contributed by atoms with E-state index in [1.807, 2.05) is 6.07 Å². The van der Waals surface area contributed by atoms with E-state index in [0.717, 1.165) is 5.56 Å². The molecule has 1 aromatic rings. The minimum Gasteiger partial charge on any atom is -0.354 e. The van der Waals surface area contributed by atoms with Gasteiger partial charge in [0.15, 0.2) is 0 Å². The Morgan fingerprint density at radius 2 is 2.11 bits per heavy atom. The summed E-state index contributed by atoms with van der Waals surface area (Å²) in [4.78, 5) is 11.8. The Morgan fingerprint density at radius 1 is 1.39 bits per heavy atom. The summed E-state index contributed by atoms with van der Waals surface area (Å²) >= 11 is 6.16. The van der Waals surface area contributed by atoms with E-state index < -0.39 is 0 Å². The molecule has 0 aliphatic heterocycles. The summed E-state index contributed by atoms with van der Waals surface area (Å²) in [6.45, 7) is 4.74. The summed E-state index contributed by atoms with van der Waals surface area (Å²) in [5.74, 6) is 0.679. The van der Waals surface area contributed by atoms with E-state index >= 15 is 0 Å². The van der Waals surface area contributed by atoms with Gasteiger partial charge in [0, 0.05) is 6.54 Å². The maximum absolute atomic E-state index is 11.8. The number of carbonyl (C=O) groups is 1. The highest BCUT2D eigenvalue weighted by Crippen LogP contribution is 2.35. The first-order valence-electron chi connectivity index (χ1n) is 6.53. The number of aryl methyl sites for hydroxylation is 2. The van der Waals surface area contributed by atoms with Crippen molar-refractivity contribution in [3.63, 3.8) is 0 Å². The van der Waals surface area contributed by atoms with Crippen molar-refractivity contribution in [2.75, 3.05) is 6.54 Å². The Labute approximate surface area is 114 Å². The van der Waals surface area contributed by atoms with Crippen molar-refractivity contribution in [2.45, 2.75) is 38.5 Å². The van der Waals surface area contributed by atoms with Gasteiger partial charge in [0.05, 0.1) is 11.8 Å². The quantitative estimate of drug-likeness (QED) is 0.815. The molecular formula is C15H20ClNO. The SMILES string of the molecule is Cc1ccc(CC(=O)NCC(Cl)C2CC2)cc1C. The van der Waals surface area contributed by atoms with Crippen LogP contribution >= 0.6 is 11.6 Å². The third kappa shape index (κ3) is 3.74. The van der Waals surface area contributed by atoms with E-state index in [0.29, 0.717) is 18.9 Å². The minimum atomic E-state index is 0.0598. The number of rotatable bonds is 5. The number of hydrogen-bond donors (Lipinski definition) is 1. The molecule has 0 saturated heterocycles. The maximum atomic E-state index is 11.8. The largest absolute Gasteiger partial charge is 0.354 e. The van der Waals surface area contributed by atoms with Crippen LogP contribution in [0.1, 0.15) is 29.5 Å². The number of amides is 1. The van der Waals surface area contributed by atoms with Gasteiger partial charge >= 0.3 is 0 Å². The number of halogens is 1. The fraction of sp³-hybridized carbons (Fsp3) is 0.533. The number of carbonyl (C=O) groups excluding carboxylic acids is 1. The van der Waals surface area contributed by atoms with Gasteiger partial charge in [0.1, 0.15) is 0 Å². The highest BCUT2D eigenvalue weighted by molar-refractivity contribution is 6.21. The second-order valence-corrected chi connectivity index (χ2v) is 5.81. The van der Waals surface area contributed by atoms with Crippen molar-refractivity contribution in [2.24, 2.45) is 5.92 Å². The zero-order chi connectivity index (χ0) is 13.1. The molecular weight excluding hydrogens is 246 g/mol. The van der Waals surface area contributed by atoms with Crippen molar-refractivity contribution in [1.29, 1.82) is 0 Å². The van der Waals surface area contributed by atoms with Gasteiger partial charge in [-0.15, -0.1) is 11.6 Å². The number of nitrogens with one attached hydrogen (secondary N) is 1. The van der Waals surface area contributed by atoms with Gasteiger partial charge in [0.2, 0.25) is 5.91 Å². The molecule has 98 valence electrons. The van der Waals surface area contributed by atoms with E-state index in [4.69, 9.17) is 11.6 Å². The van der Waals surface area contributed by atoms with E-state index in [9.17, 15) is 4.79 Å². The molecule has 1 aliphatic rings. The van der Waals surface area contributed by atoms with Gasteiger partial charge in [-0.2, -0.15) is 0 Å². The first-order valence-corrected chi connectivity index (χ1v) is 6.97. The molecule has 18 heavy (non-hydrogen) atoms. The molecule has 0 bridgehead atoms. The fourth-order valence-corrected chi connectivity index (χ4v) is 2.33. The van der Waals surface area contributed by atoms with Crippen molar-refractivity contribution >= 4 is 17.5 Å². The topological polar surface area (TPSA) is 29.1 Å². The normalized spacial score (nSPS) is 16.4. The average molecular weight is 266 g/mol. The lowest BCUT2D eigenvalue weighted by atomic mass is 10.0. The summed E-state index contributed by atoms with van der Waals surface area (Å²) in [5.41, 5.74) is 3.55. The molecule has 1 aromatic carbocycles. The van der Waals surface area contributed by atoms with Gasteiger partial charge in [-0.1, -0.05) is 18.2 Å². The van der Waals surface area contributed by atoms with Gasteiger partial charge in [-0.25, -0.2) is 0 Å². The molecule has 1 aliphatic carbocycles. The summed E-state index contributed by atoms with van der Waals surface area (Å²) in [6.07, 6.45) is 2.86. The predicted octanol–water partition coefficient (Wildman–Crippen LogP) is 2.98. The molecule has 0 spiro atoms. The molecule has 0 radical (unpaired) electrons. The van der Waals surface area contributed by atoms with E-state index in [2.05, 4.69) is 31.3 Å². The number of alkyl halides is 1. The number of benzene rings is 1.